The number of benzene rings is 1. The lowest BCUT2D eigenvalue weighted by Crippen LogP contribution is -2.37. The van der Waals surface area contributed by atoms with Gasteiger partial charge in [-0.3, -0.25) is 20.0 Å². The Balaban J connectivity index is 2.09. The van der Waals surface area contributed by atoms with Gasteiger partial charge < -0.3 is 15.0 Å². The zero-order valence-electron chi connectivity index (χ0n) is 13.7. The van der Waals surface area contributed by atoms with Gasteiger partial charge in [0.2, 0.25) is 5.91 Å². The van der Waals surface area contributed by atoms with Crippen molar-refractivity contribution in [3.8, 4) is 0 Å². The van der Waals surface area contributed by atoms with Crippen LogP contribution >= 0.6 is 0 Å². The lowest BCUT2D eigenvalue weighted by Gasteiger charge is -2.28. The zero-order chi connectivity index (χ0) is 18.0. The molecule has 1 aromatic heterocycles. The van der Waals surface area contributed by atoms with E-state index in [1.807, 2.05) is 6.92 Å². The first kappa shape index (κ1) is 17.1. The number of hydrogen-bond acceptors (Lipinski definition) is 6. The minimum Gasteiger partial charge on any atom is -0.378 e. The molecule has 3 rings (SSSR count). The number of halogens is 1. The molecule has 1 aromatic carbocycles. The van der Waals surface area contributed by atoms with Crippen LogP contribution in [0, 0.1) is 15.9 Å². The average molecular weight is 351 g/mol. The predicted octanol–water partition coefficient (Wildman–Crippen LogP) is 2.19. The highest BCUT2D eigenvalue weighted by Crippen LogP contribution is 2.38. The molecule has 2 N–H and O–H groups in total. The summed E-state index contributed by atoms with van der Waals surface area (Å²) in [6.45, 7) is 3.31. The number of aromatic nitrogens is 2. The first-order valence-corrected chi connectivity index (χ1v) is 8.00. The van der Waals surface area contributed by atoms with Gasteiger partial charge in [-0.1, -0.05) is 6.92 Å². The van der Waals surface area contributed by atoms with E-state index in [1.165, 1.54) is 6.07 Å². The number of ether oxygens (including phenoxy) is 1. The number of nitrogens with one attached hydrogen (secondary N) is 2. The lowest BCUT2D eigenvalue weighted by atomic mass is 10.1. The quantitative estimate of drug-likeness (QED) is 0.630. The molecule has 1 saturated heterocycles. The van der Waals surface area contributed by atoms with E-state index in [0.29, 0.717) is 32.7 Å². The summed E-state index contributed by atoms with van der Waals surface area (Å²) in [5.41, 5.74) is -0.422. The maximum atomic E-state index is 15.0. The lowest BCUT2D eigenvalue weighted by molar-refractivity contribution is -0.384. The second-order valence-corrected chi connectivity index (χ2v) is 5.71. The van der Waals surface area contributed by atoms with E-state index in [1.54, 1.807) is 4.90 Å². The summed E-state index contributed by atoms with van der Waals surface area (Å²) in [4.78, 5) is 24.2. The van der Waals surface area contributed by atoms with Crippen molar-refractivity contribution in [3.05, 3.63) is 22.0 Å². The molecular formula is C15H18FN5O4. The molecule has 9 nitrogen and oxygen atoms in total. The molecule has 1 fully saturated rings. The summed E-state index contributed by atoms with van der Waals surface area (Å²) in [6, 6.07) is 1.24. The normalized spacial score (nSPS) is 14.7. The molecule has 2 heterocycles. The molecule has 0 bridgehead atoms. The van der Waals surface area contributed by atoms with Crippen LogP contribution in [0.2, 0.25) is 0 Å². The number of hydrogen-bond donors (Lipinski definition) is 2. The van der Waals surface area contributed by atoms with Crippen molar-refractivity contribution in [1.29, 1.82) is 0 Å². The fraction of sp³-hybridized carbons (Fsp3) is 0.467. The Morgan fingerprint density at radius 1 is 1.52 bits per heavy atom. The van der Waals surface area contributed by atoms with Gasteiger partial charge >= 0.3 is 0 Å². The monoisotopic (exact) mass is 351 g/mol. The molecule has 25 heavy (non-hydrogen) atoms. The molecule has 2 aromatic rings. The molecule has 134 valence electrons. The molecule has 0 saturated carbocycles. The minimum absolute atomic E-state index is 0.0268. The predicted molar refractivity (Wildman–Crippen MR) is 89.3 cm³/mol. The number of H-pyrrole nitrogens is 1. The average Bonchev–Trinajstić information content (AvgIpc) is 2.99. The van der Waals surface area contributed by atoms with Gasteiger partial charge in [0.25, 0.3) is 5.69 Å². The summed E-state index contributed by atoms with van der Waals surface area (Å²) in [5, 5.41) is 20.6. The Morgan fingerprint density at radius 2 is 2.24 bits per heavy atom. The van der Waals surface area contributed by atoms with Crippen molar-refractivity contribution >= 4 is 34.0 Å². The molecule has 1 aliphatic heterocycles. The number of anilines is 2. The van der Waals surface area contributed by atoms with Gasteiger partial charge in [0.15, 0.2) is 17.3 Å². The van der Waals surface area contributed by atoms with Gasteiger partial charge in [-0.05, 0) is 6.42 Å². The maximum Gasteiger partial charge on any atom is 0.296 e. The highest BCUT2D eigenvalue weighted by molar-refractivity contribution is 6.02. The molecule has 0 unspecified atom stereocenters. The Morgan fingerprint density at radius 3 is 2.88 bits per heavy atom. The van der Waals surface area contributed by atoms with Crippen molar-refractivity contribution in [1.82, 2.24) is 10.2 Å². The van der Waals surface area contributed by atoms with Crippen LogP contribution in [0.25, 0.3) is 10.9 Å². The zero-order valence-corrected chi connectivity index (χ0v) is 13.7. The van der Waals surface area contributed by atoms with Crippen LogP contribution < -0.4 is 10.2 Å². The van der Waals surface area contributed by atoms with Crippen LogP contribution in [-0.4, -0.2) is 47.3 Å². The first-order chi connectivity index (χ1) is 12.0. The second-order valence-electron chi connectivity index (χ2n) is 5.71. The molecule has 0 spiro atoms. The van der Waals surface area contributed by atoms with Crippen LogP contribution in [0.5, 0.6) is 0 Å². The maximum absolute atomic E-state index is 15.0. The van der Waals surface area contributed by atoms with Crippen molar-refractivity contribution in [3.63, 3.8) is 0 Å². The number of morpholine rings is 1. The number of carbonyl (C=O) groups excluding carboxylic acids is 1. The second kappa shape index (κ2) is 7.01. The third-order valence-corrected chi connectivity index (χ3v) is 4.01. The van der Waals surface area contributed by atoms with Gasteiger partial charge in [0, 0.05) is 25.6 Å². The fourth-order valence-electron chi connectivity index (χ4n) is 2.84. The van der Waals surface area contributed by atoms with Crippen molar-refractivity contribution in [2.24, 2.45) is 0 Å². The summed E-state index contributed by atoms with van der Waals surface area (Å²) in [6.07, 6.45) is 0.925. The molecule has 0 aliphatic carbocycles. The SMILES string of the molecule is CCCC(=O)Nc1n[nH]c2c(F)c(N3CCOCC3)c([N+](=O)[O-])cc12. The number of fused-ring (bicyclic) bond motifs is 1. The summed E-state index contributed by atoms with van der Waals surface area (Å²) in [5.74, 6) is -0.949. The standard InChI is InChI=1S/C15H18FN5O4/c1-2-3-11(22)17-15-9-8-10(21(23)24)14(12(16)13(9)18-19-15)20-4-6-25-7-5-20/h8H,2-7H2,1H3,(H2,17,18,19,22). The molecule has 0 radical (unpaired) electrons. The van der Waals surface area contributed by atoms with Gasteiger partial charge in [-0.15, -0.1) is 0 Å². The smallest absolute Gasteiger partial charge is 0.296 e. The topological polar surface area (TPSA) is 113 Å². The van der Waals surface area contributed by atoms with Gasteiger partial charge in [0.05, 0.1) is 23.5 Å². The van der Waals surface area contributed by atoms with Crippen molar-refractivity contribution in [2.45, 2.75) is 19.8 Å². The van der Waals surface area contributed by atoms with Crippen LogP contribution in [-0.2, 0) is 9.53 Å². The Bertz CT molecular complexity index is 816. The van der Waals surface area contributed by atoms with Crippen LogP contribution in [0.4, 0.5) is 21.6 Å². The highest BCUT2D eigenvalue weighted by Gasteiger charge is 2.29. The summed E-state index contributed by atoms with van der Waals surface area (Å²) < 4.78 is 20.2. The molecule has 0 atom stereocenters. The third kappa shape index (κ3) is 3.25. The van der Waals surface area contributed by atoms with Crippen molar-refractivity contribution in [2.75, 3.05) is 36.5 Å². The van der Waals surface area contributed by atoms with E-state index in [-0.39, 0.29) is 40.4 Å². The summed E-state index contributed by atoms with van der Waals surface area (Å²) >= 11 is 0. The largest absolute Gasteiger partial charge is 0.378 e. The number of carbonyl (C=O) groups is 1. The highest BCUT2D eigenvalue weighted by atomic mass is 19.1. The number of rotatable bonds is 5. The van der Waals surface area contributed by atoms with Crippen molar-refractivity contribution < 1.29 is 18.8 Å². The Labute approximate surface area is 142 Å². The molecular weight excluding hydrogens is 333 g/mol. The van der Waals surface area contributed by atoms with Gasteiger partial charge in [0.1, 0.15) is 5.52 Å². The molecule has 10 heteroatoms. The van der Waals surface area contributed by atoms with E-state index in [2.05, 4.69) is 15.5 Å². The van der Waals surface area contributed by atoms with Gasteiger partial charge in [-0.2, -0.15) is 5.10 Å². The Hall–Kier alpha value is -2.75. The Kier molecular flexibility index (Phi) is 4.79. The number of nitro benzene ring substituents is 1. The number of amides is 1. The van der Waals surface area contributed by atoms with E-state index >= 15 is 4.39 Å². The fourth-order valence-corrected chi connectivity index (χ4v) is 2.84. The van der Waals surface area contributed by atoms with E-state index in [4.69, 9.17) is 4.74 Å². The molecule has 1 amide bonds. The summed E-state index contributed by atoms with van der Waals surface area (Å²) in [7, 11) is 0. The van der Waals surface area contributed by atoms with E-state index in [0.717, 1.165) is 0 Å². The third-order valence-electron chi connectivity index (χ3n) is 4.01. The number of nitro groups is 1. The van der Waals surface area contributed by atoms with Gasteiger partial charge in [-0.25, -0.2) is 4.39 Å². The minimum atomic E-state index is -0.755. The van der Waals surface area contributed by atoms with Crippen LogP contribution in [0.1, 0.15) is 19.8 Å². The van der Waals surface area contributed by atoms with E-state index < -0.39 is 10.7 Å². The van der Waals surface area contributed by atoms with E-state index in [9.17, 15) is 14.9 Å². The molecule has 1 aliphatic rings. The first-order valence-electron chi connectivity index (χ1n) is 8.00. The van der Waals surface area contributed by atoms with Crippen LogP contribution in [0.15, 0.2) is 6.07 Å². The number of aromatic amines is 1. The van der Waals surface area contributed by atoms with Crippen LogP contribution in [0.3, 0.4) is 0 Å². The number of nitrogens with zero attached hydrogens (tertiary/aromatic N) is 3.